The number of ether oxygens (including phenoxy) is 1. The number of guanidine groups is 1. The van der Waals surface area contributed by atoms with Gasteiger partial charge in [0.2, 0.25) is 0 Å². The zero-order chi connectivity index (χ0) is 18.7. The minimum atomic E-state index is -0.768. The number of aliphatic imine (C=N–C) groups is 1. The molecule has 0 bridgehead atoms. The maximum Gasteiger partial charge on any atom is 0.191 e. The van der Waals surface area contributed by atoms with E-state index in [1.165, 1.54) is 0 Å². The van der Waals surface area contributed by atoms with Crippen molar-refractivity contribution in [3.05, 3.63) is 33.8 Å². The number of aliphatic hydroxyl groups is 1. The molecule has 1 rings (SSSR count). The molecule has 1 unspecified atom stereocenters. The van der Waals surface area contributed by atoms with E-state index in [0.29, 0.717) is 28.2 Å². The summed E-state index contributed by atoms with van der Waals surface area (Å²) in [5, 5.41) is 17.7. The molecule has 0 amide bonds. The van der Waals surface area contributed by atoms with Gasteiger partial charge in [-0.25, -0.2) is 0 Å². The molecule has 0 saturated heterocycles. The van der Waals surface area contributed by atoms with E-state index < -0.39 is 6.10 Å². The Kier molecular flexibility index (Phi) is 14.5. The second kappa shape index (κ2) is 14.7. The molecule has 1 aromatic carbocycles. The summed E-state index contributed by atoms with van der Waals surface area (Å²) in [5.74, 6) is 0.662. The van der Waals surface area contributed by atoms with Crippen LogP contribution in [0.25, 0.3) is 0 Å². The lowest BCUT2D eigenvalue weighted by Gasteiger charge is -2.18. The quantitative estimate of drug-likeness (QED) is 0.252. The predicted octanol–water partition coefficient (Wildman–Crippen LogP) is 2.78. The second-order valence-electron chi connectivity index (χ2n) is 5.66. The van der Waals surface area contributed by atoms with E-state index in [9.17, 15) is 5.11 Å². The zero-order valence-corrected chi connectivity index (χ0v) is 19.3. The Morgan fingerprint density at radius 1 is 1.23 bits per heavy atom. The topological polar surface area (TPSA) is 69.1 Å². The van der Waals surface area contributed by atoms with E-state index in [1.54, 1.807) is 25.3 Å². The molecule has 0 spiro atoms. The normalized spacial score (nSPS) is 12.7. The van der Waals surface area contributed by atoms with Gasteiger partial charge in [0.25, 0.3) is 0 Å². The van der Waals surface area contributed by atoms with Crippen molar-refractivity contribution in [1.29, 1.82) is 0 Å². The minimum absolute atomic E-state index is 0. The lowest BCUT2D eigenvalue weighted by molar-refractivity contribution is 0.162. The molecule has 0 aromatic heterocycles. The Hall–Kier alpha value is -0.320. The molecule has 0 aliphatic heterocycles. The van der Waals surface area contributed by atoms with Gasteiger partial charge in [-0.3, -0.25) is 4.99 Å². The molecule has 6 nitrogen and oxygen atoms in total. The first-order valence-corrected chi connectivity index (χ1v) is 9.05. The predicted molar refractivity (Wildman–Crippen MR) is 120 cm³/mol. The fourth-order valence-electron chi connectivity index (χ4n) is 2.12. The molecule has 9 heteroatoms. The van der Waals surface area contributed by atoms with Gasteiger partial charge >= 0.3 is 0 Å². The number of likely N-dealkylation sites (N-methyl/N-ethyl adjacent to an activating group) is 1. The van der Waals surface area contributed by atoms with Gasteiger partial charge in [-0.05, 0) is 37.7 Å². The van der Waals surface area contributed by atoms with Gasteiger partial charge in [0.05, 0.1) is 19.3 Å². The van der Waals surface area contributed by atoms with Gasteiger partial charge in [-0.15, -0.1) is 24.0 Å². The average Bonchev–Trinajstić information content (AvgIpc) is 2.56. The molecular formula is C17H29Cl2IN4O2. The SMILES string of the molecule is CCNC(=NCC(O)c1cc(Cl)cc(Cl)c1)NCCN(C)CCOC.I. The van der Waals surface area contributed by atoms with Crippen LogP contribution in [0.3, 0.4) is 0 Å². The third-order valence-corrected chi connectivity index (χ3v) is 3.94. The number of methoxy groups -OCH3 is 1. The van der Waals surface area contributed by atoms with Crippen LogP contribution in [0.1, 0.15) is 18.6 Å². The first-order chi connectivity index (χ1) is 12.0. The molecule has 1 atom stereocenters. The molecular weight excluding hydrogens is 490 g/mol. The van der Waals surface area contributed by atoms with Crippen molar-refractivity contribution in [3.63, 3.8) is 0 Å². The number of nitrogens with one attached hydrogen (secondary N) is 2. The van der Waals surface area contributed by atoms with Crippen LogP contribution in [0.5, 0.6) is 0 Å². The van der Waals surface area contributed by atoms with Crippen LogP contribution in [-0.4, -0.2) is 69.5 Å². The van der Waals surface area contributed by atoms with Gasteiger partial charge in [0.15, 0.2) is 5.96 Å². The second-order valence-corrected chi connectivity index (χ2v) is 6.53. The van der Waals surface area contributed by atoms with Gasteiger partial charge in [0.1, 0.15) is 0 Å². The molecule has 0 aliphatic rings. The van der Waals surface area contributed by atoms with E-state index in [-0.39, 0.29) is 30.5 Å². The van der Waals surface area contributed by atoms with Gasteiger partial charge in [-0.2, -0.15) is 0 Å². The van der Waals surface area contributed by atoms with Crippen molar-refractivity contribution in [2.24, 2.45) is 4.99 Å². The van der Waals surface area contributed by atoms with Crippen LogP contribution in [0.15, 0.2) is 23.2 Å². The lowest BCUT2D eigenvalue weighted by Crippen LogP contribution is -2.41. The number of hydrogen-bond acceptors (Lipinski definition) is 4. The summed E-state index contributed by atoms with van der Waals surface area (Å²) >= 11 is 11.9. The largest absolute Gasteiger partial charge is 0.386 e. The standard InChI is InChI=1S/C17H28Cl2N4O2.HI/c1-4-20-17(21-5-6-23(2)7-8-25-3)22-12-16(24)13-9-14(18)11-15(19)10-13;/h9-11,16,24H,4-8,12H2,1-3H3,(H2,20,21,22);1H. The van der Waals surface area contributed by atoms with Crippen LogP contribution >= 0.6 is 47.2 Å². The Morgan fingerprint density at radius 2 is 1.88 bits per heavy atom. The molecule has 0 heterocycles. The monoisotopic (exact) mass is 518 g/mol. The maximum absolute atomic E-state index is 10.3. The average molecular weight is 519 g/mol. The zero-order valence-electron chi connectivity index (χ0n) is 15.5. The van der Waals surface area contributed by atoms with Crippen molar-refractivity contribution in [3.8, 4) is 0 Å². The summed E-state index contributed by atoms with van der Waals surface area (Å²) in [7, 11) is 3.73. The highest BCUT2D eigenvalue weighted by Gasteiger charge is 2.10. The number of halogens is 3. The third-order valence-electron chi connectivity index (χ3n) is 3.50. The molecule has 0 aliphatic carbocycles. The van der Waals surface area contributed by atoms with Crippen LogP contribution in [0.4, 0.5) is 0 Å². The van der Waals surface area contributed by atoms with E-state index in [4.69, 9.17) is 27.9 Å². The summed E-state index contributed by atoms with van der Waals surface area (Å²) in [6, 6.07) is 5.02. The van der Waals surface area contributed by atoms with E-state index in [2.05, 4.69) is 20.5 Å². The molecule has 0 fully saturated rings. The first kappa shape index (κ1) is 25.7. The van der Waals surface area contributed by atoms with Gasteiger partial charge in [-0.1, -0.05) is 23.2 Å². The Balaban J connectivity index is 0.00000625. The highest BCUT2D eigenvalue weighted by Crippen LogP contribution is 2.23. The first-order valence-electron chi connectivity index (χ1n) is 8.30. The fraction of sp³-hybridized carbons (Fsp3) is 0.588. The highest BCUT2D eigenvalue weighted by molar-refractivity contribution is 14.0. The minimum Gasteiger partial charge on any atom is -0.386 e. The smallest absolute Gasteiger partial charge is 0.191 e. The van der Waals surface area contributed by atoms with Crippen molar-refractivity contribution in [2.75, 3.05) is 53.5 Å². The fourth-order valence-corrected chi connectivity index (χ4v) is 2.66. The Morgan fingerprint density at radius 3 is 2.46 bits per heavy atom. The summed E-state index contributed by atoms with van der Waals surface area (Å²) in [6.45, 7) is 6.13. The molecule has 1 aromatic rings. The van der Waals surface area contributed by atoms with Crippen molar-refractivity contribution in [2.45, 2.75) is 13.0 Å². The molecule has 3 N–H and O–H groups in total. The van der Waals surface area contributed by atoms with Crippen molar-refractivity contribution < 1.29 is 9.84 Å². The Bertz CT molecular complexity index is 529. The van der Waals surface area contributed by atoms with Crippen molar-refractivity contribution in [1.82, 2.24) is 15.5 Å². The maximum atomic E-state index is 10.3. The molecule has 26 heavy (non-hydrogen) atoms. The van der Waals surface area contributed by atoms with E-state index in [0.717, 1.165) is 26.2 Å². The number of hydrogen-bond donors (Lipinski definition) is 3. The number of nitrogens with zero attached hydrogens (tertiary/aromatic N) is 2. The number of benzene rings is 1. The summed E-state index contributed by atoms with van der Waals surface area (Å²) in [6.07, 6.45) is -0.768. The van der Waals surface area contributed by atoms with Gasteiger partial charge < -0.3 is 25.4 Å². The van der Waals surface area contributed by atoms with Crippen LogP contribution in [0.2, 0.25) is 10.0 Å². The van der Waals surface area contributed by atoms with E-state index in [1.807, 2.05) is 14.0 Å². The van der Waals surface area contributed by atoms with Crippen molar-refractivity contribution >= 4 is 53.1 Å². The van der Waals surface area contributed by atoms with Crippen LogP contribution in [0, 0.1) is 0 Å². The summed E-state index contributed by atoms with van der Waals surface area (Å²) in [4.78, 5) is 6.59. The molecule has 0 radical (unpaired) electrons. The van der Waals surface area contributed by atoms with E-state index >= 15 is 0 Å². The highest BCUT2D eigenvalue weighted by atomic mass is 127. The number of aliphatic hydroxyl groups excluding tert-OH is 1. The Labute approximate surface area is 183 Å². The lowest BCUT2D eigenvalue weighted by atomic mass is 10.1. The van der Waals surface area contributed by atoms with Crippen LogP contribution < -0.4 is 10.6 Å². The molecule has 0 saturated carbocycles. The number of rotatable bonds is 10. The van der Waals surface area contributed by atoms with Crippen LogP contribution in [-0.2, 0) is 4.74 Å². The summed E-state index contributed by atoms with van der Waals surface area (Å²) < 4.78 is 5.06. The van der Waals surface area contributed by atoms with Gasteiger partial charge in [0, 0.05) is 43.3 Å². The third kappa shape index (κ3) is 10.7. The molecule has 150 valence electrons. The summed E-state index contributed by atoms with van der Waals surface area (Å²) in [5.41, 5.74) is 0.649.